The number of methoxy groups -OCH3 is 3. The van der Waals surface area contributed by atoms with Crippen molar-refractivity contribution in [1.82, 2.24) is 0 Å². The van der Waals surface area contributed by atoms with Crippen LogP contribution in [0.15, 0.2) is 40.9 Å². The largest absolute Gasteiger partial charge is 0.493 e. The second kappa shape index (κ2) is 9.27. The molecule has 0 saturated heterocycles. The van der Waals surface area contributed by atoms with Gasteiger partial charge in [0.25, 0.3) is 5.91 Å². The standard InChI is InChI=1S/C19H20BrNO6/c1-11(18(22)21-12-8-6-5-7-9-12)27-19(23)13-10-14(24-2)16(25-3)17(26-4)15(13)20/h5-11H,1-4H3,(H,21,22). The fourth-order valence-electron chi connectivity index (χ4n) is 2.31. The second-order valence-corrected chi connectivity index (χ2v) is 6.20. The number of anilines is 1. The Morgan fingerprint density at radius 2 is 1.63 bits per heavy atom. The Morgan fingerprint density at radius 1 is 1.00 bits per heavy atom. The summed E-state index contributed by atoms with van der Waals surface area (Å²) in [4.78, 5) is 24.8. The van der Waals surface area contributed by atoms with Gasteiger partial charge < -0.3 is 24.3 Å². The third kappa shape index (κ3) is 4.71. The quantitative estimate of drug-likeness (QED) is 0.665. The number of nitrogens with one attached hydrogen (secondary N) is 1. The van der Waals surface area contributed by atoms with Crippen molar-refractivity contribution in [3.05, 3.63) is 46.4 Å². The molecule has 0 spiro atoms. The molecule has 2 aromatic carbocycles. The zero-order valence-electron chi connectivity index (χ0n) is 15.4. The number of hydrogen-bond donors (Lipinski definition) is 1. The van der Waals surface area contributed by atoms with E-state index in [1.807, 2.05) is 6.07 Å². The van der Waals surface area contributed by atoms with Crippen LogP contribution in [-0.2, 0) is 9.53 Å². The summed E-state index contributed by atoms with van der Waals surface area (Å²) < 4.78 is 21.4. The van der Waals surface area contributed by atoms with Gasteiger partial charge in [0.1, 0.15) is 0 Å². The number of amides is 1. The van der Waals surface area contributed by atoms with Gasteiger partial charge in [0, 0.05) is 5.69 Å². The van der Waals surface area contributed by atoms with E-state index in [2.05, 4.69) is 21.2 Å². The Bertz CT molecular complexity index is 825. The maximum absolute atomic E-state index is 12.6. The highest BCUT2D eigenvalue weighted by molar-refractivity contribution is 9.10. The van der Waals surface area contributed by atoms with Crippen molar-refractivity contribution >= 4 is 33.5 Å². The molecule has 1 N–H and O–H groups in total. The lowest BCUT2D eigenvalue weighted by Gasteiger charge is -2.18. The van der Waals surface area contributed by atoms with Crippen LogP contribution < -0.4 is 19.5 Å². The minimum atomic E-state index is -1.01. The number of benzene rings is 2. The molecular weight excluding hydrogens is 418 g/mol. The molecule has 1 atom stereocenters. The van der Waals surface area contributed by atoms with Gasteiger partial charge in [0.15, 0.2) is 17.6 Å². The average molecular weight is 438 g/mol. The fraction of sp³-hybridized carbons (Fsp3) is 0.263. The molecule has 1 amide bonds. The highest BCUT2D eigenvalue weighted by Crippen LogP contribution is 2.44. The van der Waals surface area contributed by atoms with Gasteiger partial charge in [-0.2, -0.15) is 0 Å². The number of hydrogen-bond acceptors (Lipinski definition) is 6. The lowest BCUT2D eigenvalue weighted by molar-refractivity contribution is -0.123. The monoisotopic (exact) mass is 437 g/mol. The molecule has 0 heterocycles. The van der Waals surface area contributed by atoms with E-state index in [0.29, 0.717) is 21.7 Å². The summed E-state index contributed by atoms with van der Waals surface area (Å²) in [6, 6.07) is 10.3. The van der Waals surface area contributed by atoms with Crippen molar-refractivity contribution in [2.45, 2.75) is 13.0 Å². The number of halogens is 1. The molecule has 0 aliphatic rings. The van der Waals surface area contributed by atoms with Crippen LogP contribution in [0.4, 0.5) is 5.69 Å². The zero-order chi connectivity index (χ0) is 20.0. The average Bonchev–Trinajstić information content (AvgIpc) is 2.67. The highest BCUT2D eigenvalue weighted by atomic mass is 79.9. The van der Waals surface area contributed by atoms with Crippen LogP contribution in [0.5, 0.6) is 17.2 Å². The predicted octanol–water partition coefficient (Wildman–Crippen LogP) is 3.66. The van der Waals surface area contributed by atoms with Crippen LogP contribution in [0.3, 0.4) is 0 Å². The first-order valence-corrected chi connectivity index (χ1v) is 8.77. The van der Waals surface area contributed by atoms with Crippen LogP contribution >= 0.6 is 15.9 Å². The summed E-state index contributed by atoms with van der Waals surface area (Å²) >= 11 is 3.32. The summed E-state index contributed by atoms with van der Waals surface area (Å²) in [6.07, 6.45) is -1.01. The Kier molecular flexibility index (Phi) is 7.06. The minimum Gasteiger partial charge on any atom is -0.493 e. The first-order chi connectivity index (χ1) is 12.9. The van der Waals surface area contributed by atoms with Crippen molar-refractivity contribution in [3.63, 3.8) is 0 Å². The number of ether oxygens (including phenoxy) is 4. The molecule has 1 unspecified atom stereocenters. The molecule has 7 nitrogen and oxygen atoms in total. The van der Waals surface area contributed by atoms with Gasteiger partial charge in [0.2, 0.25) is 5.75 Å². The van der Waals surface area contributed by atoms with Gasteiger partial charge in [-0.25, -0.2) is 4.79 Å². The van der Waals surface area contributed by atoms with Crippen molar-refractivity contribution in [2.24, 2.45) is 0 Å². The third-order valence-electron chi connectivity index (χ3n) is 3.68. The SMILES string of the molecule is COc1cc(C(=O)OC(C)C(=O)Nc2ccccc2)c(Br)c(OC)c1OC. The molecular formula is C19H20BrNO6. The van der Waals surface area contributed by atoms with E-state index in [-0.39, 0.29) is 11.3 Å². The van der Waals surface area contributed by atoms with E-state index < -0.39 is 18.0 Å². The molecule has 0 aliphatic heterocycles. The van der Waals surface area contributed by atoms with E-state index in [0.717, 1.165) is 0 Å². The van der Waals surface area contributed by atoms with E-state index in [9.17, 15) is 9.59 Å². The third-order valence-corrected chi connectivity index (χ3v) is 4.47. The van der Waals surface area contributed by atoms with Crippen LogP contribution in [0.1, 0.15) is 17.3 Å². The maximum Gasteiger partial charge on any atom is 0.340 e. The summed E-state index contributed by atoms with van der Waals surface area (Å²) in [6.45, 7) is 1.49. The molecule has 2 aromatic rings. The molecule has 27 heavy (non-hydrogen) atoms. The zero-order valence-corrected chi connectivity index (χ0v) is 17.0. The topological polar surface area (TPSA) is 83.1 Å². The highest BCUT2D eigenvalue weighted by Gasteiger charge is 2.26. The van der Waals surface area contributed by atoms with Crippen LogP contribution in [0, 0.1) is 0 Å². The van der Waals surface area contributed by atoms with E-state index in [4.69, 9.17) is 18.9 Å². The van der Waals surface area contributed by atoms with Crippen LogP contribution in [0.2, 0.25) is 0 Å². The molecule has 2 rings (SSSR count). The minimum absolute atomic E-state index is 0.142. The Labute approximate surface area is 165 Å². The van der Waals surface area contributed by atoms with Crippen molar-refractivity contribution in [1.29, 1.82) is 0 Å². The summed E-state index contributed by atoms with van der Waals surface area (Å²) in [5, 5.41) is 2.68. The predicted molar refractivity (Wildman–Crippen MR) is 104 cm³/mol. The summed E-state index contributed by atoms with van der Waals surface area (Å²) in [7, 11) is 4.34. The molecule has 0 saturated carbocycles. The fourth-order valence-corrected chi connectivity index (χ4v) is 2.93. The maximum atomic E-state index is 12.6. The van der Waals surface area contributed by atoms with Crippen molar-refractivity contribution < 1.29 is 28.5 Å². The van der Waals surface area contributed by atoms with Crippen LogP contribution in [-0.4, -0.2) is 39.3 Å². The normalized spacial score (nSPS) is 11.3. The summed E-state index contributed by atoms with van der Waals surface area (Å²) in [5.41, 5.74) is 0.753. The van der Waals surface area contributed by atoms with Gasteiger partial charge in [-0.1, -0.05) is 18.2 Å². The van der Waals surface area contributed by atoms with E-state index >= 15 is 0 Å². The smallest absolute Gasteiger partial charge is 0.340 e. The molecule has 144 valence electrons. The van der Waals surface area contributed by atoms with E-state index in [1.54, 1.807) is 24.3 Å². The van der Waals surface area contributed by atoms with Gasteiger partial charge in [-0.05, 0) is 41.1 Å². The Balaban J connectivity index is 2.21. The lowest BCUT2D eigenvalue weighted by Crippen LogP contribution is -2.30. The van der Waals surface area contributed by atoms with Gasteiger partial charge >= 0.3 is 5.97 Å². The summed E-state index contributed by atoms with van der Waals surface area (Å²) in [5.74, 6) is -0.246. The first-order valence-electron chi connectivity index (χ1n) is 7.98. The molecule has 0 fully saturated rings. The molecule has 0 aromatic heterocycles. The molecule has 0 bridgehead atoms. The number of esters is 1. The molecule has 0 radical (unpaired) electrons. The van der Waals surface area contributed by atoms with Gasteiger partial charge in [-0.3, -0.25) is 4.79 Å². The van der Waals surface area contributed by atoms with Crippen molar-refractivity contribution in [2.75, 3.05) is 26.6 Å². The molecule has 0 aliphatic carbocycles. The number of carbonyl (C=O) groups is 2. The first kappa shape index (κ1) is 20.6. The van der Waals surface area contributed by atoms with Gasteiger partial charge in [0.05, 0.1) is 31.4 Å². The number of carbonyl (C=O) groups excluding carboxylic acids is 2. The second-order valence-electron chi connectivity index (χ2n) is 5.41. The van der Waals surface area contributed by atoms with Crippen molar-refractivity contribution in [3.8, 4) is 17.2 Å². The Morgan fingerprint density at radius 3 is 2.19 bits per heavy atom. The lowest BCUT2D eigenvalue weighted by atomic mass is 10.1. The Hall–Kier alpha value is -2.74. The molecule has 8 heteroatoms. The number of para-hydroxylation sites is 1. The number of rotatable bonds is 7. The van der Waals surface area contributed by atoms with Crippen LogP contribution in [0.25, 0.3) is 0 Å². The van der Waals surface area contributed by atoms with E-state index in [1.165, 1.54) is 34.3 Å². The van der Waals surface area contributed by atoms with Gasteiger partial charge in [-0.15, -0.1) is 0 Å².